The highest BCUT2D eigenvalue weighted by Crippen LogP contribution is 2.33. The van der Waals surface area contributed by atoms with Crippen LogP contribution < -0.4 is 5.32 Å². The zero-order valence-electron chi connectivity index (χ0n) is 14.1. The summed E-state index contributed by atoms with van der Waals surface area (Å²) in [6, 6.07) is 15.4. The molecule has 5 nitrogen and oxygen atoms in total. The molecule has 2 aromatic heterocycles. The molecule has 2 heterocycles. The van der Waals surface area contributed by atoms with Crippen LogP contribution in [0, 0.1) is 0 Å². The quantitative estimate of drug-likeness (QED) is 0.447. The van der Waals surface area contributed by atoms with E-state index < -0.39 is 0 Å². The lowest BCUT2D eigenvalue weighted by molar-refractivity contribution is -0.114. The van der Waals surface area contributed by atoms with Gasteiger partial charge in [-0.05, 0) is 42.1 Å². The highest BCUT2D eigenvalue weighted by molar-refractivity contribution is 7.99. The van der Waals surface area contributed by atoms with Gasteiger partial charge in [-0.3, -0.25) is 4.79 Å². The van der Waals surface area contributed by atoms with Crippen LogP contribution in [0.2, 0.25) is 5.02 Å². The third kappa shape index (κ3) is 4.10. The number of carbonyl (C=O) groups excluding carboxylic acids is 1. The van der Waals surface area contributed by atoms with Gasteiger partial charge >= 0.3 is 0 Å². The van der Waals surface area contributed by atoms with Gasteiger partial charge in [-0.15, -0.1) is 0 Å². The van der Waals surface area contributed by atoms with Crippen LogP contribution in [0.15, 0.2) is 64.8 Å². The number of hydrogen-bond acceptors (Lipinski definition) is 6. The van der Waals surface area contributed by atoms with E-state index in [0.29, 0.717) is 15.3 Å². The summed E-state index contributed by atoms with van der Waals surface area (Å²) in [4.78, 5) is 25.5. The first kappa shape index (κ1) is 17.9. The summed E-state index contributed by atoms with van der Waals surface area (Å²) < 4.78 is 0.982. The standard InChI is InChI=1S/C19H13ClN4OS2/c1-11(25)22-19-24-15-7-6-12(10-17(15)27-19)14-8-9-21-18(23-14)26-16-5-3-2-4-13(16)20/h2-10H,1H3,(H,22,24,25). The molecule has 134 valence electrons. The van der Waals surface area contributed by atoms with Gasteiger partial charge in [0.05, 0.1) is 20.9 Å². The maximum atomic E-state index is 11.2. The first-order valence-electron chi connectivity index (χ1n) is 8.02. The van der Waals surface area contributed by atoms with Gasteiger partial charge in [0.15, 0.2) is 10.3 Å². The number of aromatic nitrogens is 3. The lowest BCUT2D eigenvalue weighted by Gasteiger charge is -2.05. The number of thiazole rings is 1. The van der Waals surface area contributed by atoms with Crippen molar-refractivity contribution in [2.75, 3.05) is 5.32 Å². The maximum Gasteiger partial charge on any atom is 0.223 e. The molecule has 0 atom stereocenters. The summed E-state index contributed by atoms with van der Waals surface area (Å²) in [7, 11) is 0. The monoisotopic (exact) mass is 412 g/mol. The average Bonchev–Trinajstić information content (AvgIpc) is 3.04. The number of fused-ring (bicyclic) bond motifs is 1. The number of anilines is 1. The second-order valence-electron chi connectivity index (χ2n) is 5.64. The minimum atomic E-state index is -0.133. The topological polar surface area (TPSA) is 67.8 Å². The van der Waals surface area contributed by atoms with E-state index in [2.05, 4.69) is 20.3 Å². The summed E-state index contributed by atoms with van der Waals surface area (Å²) in [6.07, 6.45) is 1.74. The van der Waals surface area contributed by atoms with Gasteiger partial charge in [-0.2, -0.15) is 0 Å². The fraction of sp³-hybridized carbons (Fsp3) is 0.0526. The number of amides is 1. The smallest absolute Gasteiger partial charge is 0.223 e. The van der Waals surface area contributed by atoms with Crippen LogP contribution in [-0.4, -0.2) is 20.9 Å². The van der Waals surface area contributed by atoms with Crippen LogP contribution in [0.25, 0.3) is 21.5 Å². The van der Waals surface area contributed by atoms with Crippen molar-refractivity contribution in [3.63, 3.8) is 0 Å². The molecule has 0 aliphatic carbocycles. The van der Waals surface area contributed by atoms with Crippen molar-refractivity contribution >= 4 is 56.0 Å². The molecule has 0 radical (unpaired) electrons. The molecule has 4 rings (SSSR count). The SMILES string of the molecule is CC(=O)Nc1nc2ccc(-c3ccnc(Sc4ccccc4Cl)n3)cc2s1. The molecule has 0 spiro atoms. The molecule has 8 heteroatoms. The van der Waals surface area contributed by atoms with Crippen LogP contribution in [0.4, 0.5) is 5.13 Å². The van der Waals surface area contributed by atoms with Gasteiger partial charge in [0.25, 0.3) is 0 Å². The predicted octanol–water partition coefficient (Wildman–Crippen LogP) is 5.52. The highest BCUT2D eigenvalue weighted by atomic mass is 35.5. The number of halogens is 1. The summed E-state index contributed by atoms with van der Waals surface area (Å²) in [5.41, 5.74) is 2.62. The van der Waals surface area contributed by atoms with Crippen molar-refractivity contribution in [1.29, 1.82) is 0 Å². The molecular weight excluding hydrogens is 400 g/mol. The number of nitrogens with one attached hydrogen (secondary N) is 1. The van der Waals surface area contributed by atoms with Crippen LogP contribution in [-0.2, 0) is 4.79 Å². The van der Waals surface area contributed by atoms with Crippen molar-refractivity contribution in [2.45, 2.75) is 17.0 Å². The molecule has 4 aromatic rings. The lowest BCUT2D eigenvalue weighted by atomic mass is 10.1. The summed E-state index contributed by atoms with van der Waals surface area (Å²) in [6.45, 7) is 1.47. The van der Waals surface area contributed by atoms with Crippen molar-refractivity contribution in [1.82, 2.24) is 15.0 Å². The predicted molar refractivity (Wildman–Crippen MR) is 111 cm³/mol. The number of hydrogen-bond donors (Lipinski definition) is 1. The Bertz CT molecular complexity index is 1150. The number of benzene rings is 2. The number of rotatable bonds is 4. The maximum absolute atomic E-state index is 11.2. The number of carbonyl (C=O) groups is 1. The van der Waals surface area contributed by atoms with Crippen molar-refractivity contribution in [3.8, 4) is 11.3 Å². The van der Waals surface area contributed by atoms with Gasteiger partial charge in [0.2, 0.25) is 5.91 Å². The Hall–Kier alpha value is -2.48. The molecule has 1 amide bonds. The first-order valence-corrected chi connectivity index (χ1v) is 10.0. The van der Waals surface area contributed by atoms with E-state index in [1.54, 1.807) is 6.20 Å². The molecular formula is C19H13ClN4OS2. The largest absolute Gasteiger partial charge is 0.302 e. The van der Waals surface area contributed by atoms with Crippen LogP contribution in [0.5, 0.6) is 0 Å². The van der Waals surface area contributed by atoms with Gasteiger partial charge in [-0.1, -0.05) is 41.1 Å². The Kier molecular flexibility index (Phi) is 5.07. The zero-order valence-corrected chi connectivity index (χ0v) is 16.5. The Labute approximate surface area is 168 Å². The number of nitrogens with zero attached hydrogens (tertiary/aromatic N) is 3. The van der Waals surface area contributed by atoms with Crippen molar-refractivity contribution < 1.29 is 4.79 Å². The molecule has 0 unspecified atom stereocenters. The molecule has 27 heavy (non-hydrogen) atoms. The van der Waals surface area contributed by atoms with Crippen molar-refractivity contribution in [2.24, 2.45) is 0 Å². The summed E-state index contributed by atoms with van der Waals surface area (Å²) >= 11 is 9.08. The van der Waals surface area contributed by atoms with E-state index in [4.69, 9.17) is 11.6 Å². The molecule has 2 aromatic carbocycles. The van der Waals surface area contributed by atoms with E-state index in [0.717, 1.165) is 26.4 Å². The van der Waals surface area contributed by atoms with E-state index >= 15 is 0 Å². The van der Waals surface area contributed by atoms with Gasteiger partial charge in [-0.25, -0.2) is 15.0 Å². The lowest BCUT2D eigenvalue weighted by Crippen LogP contribution is -2.04. The van der Waals surface area contributed by atoms with Gasteiger partial charge in [0.1, 0.15) is 0 Å². The Balaban J connectivity index is 1.65. The van der Waals surface area contributed by atoms with E-state index in [9.17, 15) is 4.79 Å². The average molecular weight is 413 g/mol. The van der Waals surface area contributed by atoms with E-state index in [-0.39, 0.29) is 5.91 Å². The third-order valence-corrected chi connectivity index (χ3v) is 5.97. The first-order chi connectivity index (χ1) is 13.1. The van der Waals surface area contributed by atoms with Crippen LogP contribution >= 0.6 is 34.7 Å². The highest BCUT2D eigenvalue weighted by Gasteiger charge is 2.10. The molecule has 1 N–H and O–H groups in total. The van der Waals surface area contributed by atoms with Gasteiger partial charge < -0.3 is 5.32 Å². The van der Waals surface area contributed by atoms with E-state index in [1.165, 1.54) is 30.0 Å². The molecule has 0 saturated heterocycles. The van der Waals surface area contributed by atoms with E-state index in [1.807, 2.05) is 48.5 Å². The normalized spacial score (nSPS) is 10.9. The summed E-state index contributed by atoms with van der Waals surface area (Å²) in [5.74, 6) is -0.133. The van der Waals surface area contributed by atoms with Crippen LogP contribution in [0.1, 0.15) is 6.92 Å². The van der Waals surface area contributed by atoms with Gasteiger partial charge in [0, 0.05) is 23.6 Å². The molecule has 0 aliphatic heterocycles. The third-order valence-electron chi connectivity index (χ3n) is 3.64. The summed E-state index contributed by atoms with van der Waals surface area (Å²) in [5, 5.41) is 4.62. The Morgan fingerprint density at radius 2 is 2.00 bits per heavy atom. The zero-order chi connectivity index (χ0) is 18.8. The fourth-order valence-corrected chi connectivity index (χ4v) is 4.43. The molecule has 0 fully saturated rings. The molecule has 0 saturated carbocycles. The molecule has 0 bridgehead atoms. The second-order valence-corrected chi connectivity index (χ2v) is 8.09. The van der Waals surface area contributed by atoms with Crippen LogP contribution in [0.3, 0.4) is 0 Å². The molecule has 0 aliphatic rings. The van der Waals surface area contributed by atoms with Crippen molar-refractivity contribution in [3.05, 3.63) is 59.8 Å². The minimum absolute atomic E-state index is 0.133. The second kappa shape index (κ2) is 7.64. The Morgan fingerprint density at radius 3 is 2.81 bits per heavy atom. The Morgan fingerprint density at radius 1 is 1.15 bits per heavy atom. The minimum Gasteiger partial charge on any atom is -0.302 e. The fourth-order valence-electron chi connectivity index (χ4n) is 2.46.